The maximum atomic E-state index is 13.3. The third-order valence-electron chi connectivity index (χ3n) is 7.98. The number of hydroxylamine groups is 2. The number of carbonyl (C=O) groups excluding carboxylic acids is 2. The Morgan fingerprint density at radius 1 is 0.949 bits per heavy atom. The first-order valence-electron chi connectivity index (χ1n) is 15.7. The van der Waals surface area contributed by atoms with E-state index < -0.39 is 0 Å². The number of rotatable bonds is 17. The zero-order valence-electron chi connectivity index (χ0n) is 24.3. The van der Waals surface area contributed by atoms with Crippen molar-refractivity contribution in [1.29, 1.82) is 0 Å². The number of amides is 1. The summed E-state index contributed by atoms with van der Waals surface area (Å²) in [6.07, 6.45) is 22.5. The summed E-state index contributed by atoms with van der Waals surface area (Å²) in [6.45, 7) is 2.22. The predicted molar refractivity (Wildman–Crippen MR) is 163 cm³/mol. The fourth-order valence-corrected chi connectivity index (χ4v) is 6.83. The largest absolute Gasteiger partial charge is 0.367 e. The SMILES string of the molecule is CCCCCC/C=C/CC(=O)N[C@H](CSCc1ccccc1)CC(=O)ON(C1CCCCC1)C1CCCCC1. The lowest BCUT2D eigenvalue weighted by molar-refractivity contribution is -0.223. The van der Waals surface area contributed by atoms with Crippen molar-refractivity contribution < 1.29 is 14.4 Å². The highest BCUT2D eigenvalue weighted by atomic mass is 32.2. The number of nitrogens with one attached hydrogen (secondary N) is 1. The number of thioether (sulfide) groups is 1. The molecule has 0 spiro atoms. The Morgan fingerprint density at radius 3 is 2.26 bits per heavy atom. The lowest BCUT2D eigenvalue weighted by Crippen LogP contribution is -2.47. The normalized spacial score (nSPS) is 17.9. The molecule has 0 aliphatic heterocycles. The molecule has 2 aliphatic carbocycles. The molecule has 1 amide bonds. The molecule has 1 atom stereocenters. The van der Waals surface area contributed by atoms with Crippen molar-refractivity contribution in [3.8, 4) is 0 Å². The molecule has 0 aromatic heterocycles. The van der Waals surface area contributed by atoms with Gasteiger partial charge in [-0.25, -0.2) is 0 Å². The molecule has 2 fully saturated rings. The predicted octanol–water partition coefficient (Wildman–Crippen LogP) is 8.14. The van der Waals surface area contributed by atoms with E-state index >= 15 is 0 Å². The third kappa shape index (κ3) is 12.9. The van der Waals surface area contributed by atoms with Crippen molar-refractivity contribution in [1.82, 2.24) is 10.4 Å². The molecule has 0 radical (unpaired) electrons. The second-order valence-electron chi connectivity index (χ2n) is 11.4. The molecule has 3 rings (SSSR count). The molecule has 0 unspecified atom stereocenters. The van der Waals surface area contributed by atoms with E-state index in [1.165, 1.54) is 69.8 Å². The van der Waals surface area contributed by atoms with E-state index in [1.807, 2.05) is 24.3 Å². The van der Waals surface area contributed by atoms with Gasteiger partial charge in [-0.3, -0.25) is 9.59 Å². The van der Waals surface area contributed by atoms with Crippen LogP contribution in [0.3, 0.4) is 0 Å². The van der Waals surface area contributed by atoms with Crippen molar-refractivity contribution >= 4 is 23.6 Å². The molecule has 1 aromatic rings. The highest BCUT2D eigenvalue weighted by molar-refractivity contribution is 7.98. The summed E-state index contributed by atoms with van der Waals surface area (Å²) in [5, 5.41) is 5.24. The minimum absolute atomic E-state index is 0.0191. The standard InChI is InChI=1S/C33H52N2O3S/c1-2-3-4-5-6-7-17-24-32(36)34-29(27-39-26-28-18-11-8-12-19-28)25-33(37)38-35(30-20-13-9-14-21-30)31-22-15-10-16-23-31/h7-8,11-12,17-19,29-31H,2-6,9-10,13-16,20-27H2,1H3,(H,34,36)/b17-7+/t29-/m0/s1. The monoisotopic (exact) mass is 556 g/mol. The average molecular weight is 557 g/mol. The molecule has 2 aliphatic rings. The van der Waals surface area contributed by atoms with Gasteiger partial charge in [0, 0.05) is 36.1 Å². The zero-order valence-corrected chi connectivity index (χ0v) is 25.1. The molecular weight excluding hydrogens is 504 g/mol. The Bertz CT molecular complexity index is 817. The van der Waals surface area contributed by atoms with Gasteiger partial charge >= 0.3 is 5.97 Å². The number of allylic oxidation sites excluding steroid dienone is 1. The van der Waals surface area contributed by atoms with Crippen LogP contribution >= 0.6 is 11.8 Å². The van der Waals surface area contributed by atoms with Gasteiger partial charge in [0.2, 0.25) is 5.91 Å². The van der Waals surface area contributed by atoms with E-state index in [4.69, 9.17) is 4.84 Å². The van der Waals surface area contributed by atoms with E-state index in [-0.39, 0.29) is 24.3 Å². The maximum Gasteiger partial charge on any atom is 0.327 e. The molecular formula is C33H52N2O3S. The van der Waals surface area contributed by atoms with Gasteiger partial charge in [0.15, 0.2) is 0 Å². The van der Waals surface area contributed by atoms with Crippen molar-refractivity contribution in [3.63, 3.8) is 0 Å². The van der Waals surface area contributed by atoms with Crippen LogP contribution in [0.25, 0.3) is 0 Å². The van der Waals surface area contributed by atoms with Crippen LogP contribution in [-0.4, -0.2) is 40.8 Å². The Balaban J connectivity index is 1.54. The number of nitrogens with zero attached hydrogens (tertiary/aromatic N) is 1. The van der Waals surface area contributed by atoms with Crippen LogP contribution in [0, 0.1) is 0 Å². The summed E-state index contributed by atoms with van der Waals surface area (Å²) in [7, 11) is 0. The van der Waals surface area contributed by atoms with Gasteiger partial charge in [0.1, 0.15) is 0 Å². The number of benzene rings is 1. The van der Waals surface area contributed by atoms with Crippen molar-refractivity contribution in [2.24, 2.45) is 0 Å². The zero-order chi connectivity index (χ0) is 27.5. The summed E-state index contributed by atoms with van der Waals surface area (Å²) < 4.78 is 0. The van der Waals surface area contributed by atoms with Gasteiger partial charge in [0.05, 0.1) is 6.42 Å². The molecule has 1 N–H and O–H groups in total. The average Bonchev–Trinajstić information content (AvgIpc) is 2.97. The quantitative estimate of drug-likeness (QED) is 0.119. The van der Waals surface area contributed by atoms with Crippen molar-refractivity contribution in [2.75, 3.05) is 5.75 Å². The van der Waals surface area contributed by atoms with E-state index in [9.17, 15) is 9.59 Å². The Morgan fingerprint density at radius 2 is 1.62 bits per heavy atom. The van der Waals surface area contributed by atoms with Crippen molar-refractivity contribution in [3.05, 3.63) is 48.0 Å². The smallest absolute Gasteiger partial charge is 0.327 e. The second-order valence-corrected chi connectivity index (χ2v) is 12.4. The minimum Gasteiger partial charge on any atom is -0.367 e. The fraction of sp³-hybridized carbons (Fsp3) is 0.697. The van der Waals surface area contributed by atoms with Gasteiger partial charge in [0.25, 0.3) is 0 Å². The molecule has 6 heteroatoms. The van der Waals surface area contributed by atoms with Gasteiger partial charge in [-0.2, -0.15) is 11.8 Å². The summed E-state index contributed by atoms with van der Waals surface area (Å²) in [5.41, 5.74) is 1.25. The first-order valence-corrected chi connectivity index (χ1v) is 16.9. The van der Waals surface area contributed by atoms with Gasteiger partial charge in [-0.15, -0.1) is 5.06 Å². The lowest BCUT2D eigenvalue weighted by Gasteiger charge is -2.39. The molecule has 0 saturated heterocycles. The van der Waals surface area contributed by atoms with Crippen molar-refractivity contribution in [2.45, 2.75) is 140 Å². The van der Waals surface area contributed by atoms with E-state index in [1.54, 1.807) is 11.8 Å². The van der Waals surface area contributed by atoms with Crippen LogP contribution in [0.5, 0.6) is 0 Å². The number of unbranched alkanes of at least 4 members (excludes halogenated alkanes) is 4. The number of carbonyl (C=O) groups is 2. The minimum atomic E-state index is -0.240. The van der Waals surface area contributed by atoms with E-state index in [0.717, 1.165) is 37.9 Å². The molecule has 0 bridgehead atoms. The first-order chi connectivity index (χ1) is 19.2. The molecule has 39 heavy (non-hydrogen) atoms. The van der Waals surface area contributed by atoms with E-state index in [0.29, 0.717) is 24.3 Å². The Labute approximate surface area is 241 Å². The Kier molecular flexibility index (Phi) is 15.7. The molecule has 2 saturated carbocycles. The van der Waals surface area contributed by atoms with Crippen LogP contribution in [0.4, 0.5) is 0 Å². The summed E-state index contributed by atoms with van der Waals surface area (Å²) >= 11 is 1.76. The van der Waals surface area contributed by atoms with Crippen LogP contribution in [0.1, 0.15) is 122 Å². The van der Waals surface area contributed by atoms with Crippen LogP contribution in [0.2, 0.25) is 0 Å². The molecule has 218 valence electrons. The van der Waals surface area contributed by atoms with Gasteiger partial charge < -0.3 is 10.2 Å². The molecule has 1 aromatic carbocycles. The summed E-state index contributed by atoms with van der Waals surface area (Å²) in [4.78, 5) is 32.3. The highest BCUT2D eigenvalue weighted by Crippen LogP contribution is 2.30. The topological polar surface area (TPSA) is 58.6 Å². The van der Waals surface area contributed by atoms with Crippen LogP contribution < -0.4 is 5.32 Å². The fourth-order valence-electron chi connectivity index (χ4n) is 5.80. The molecule has 0 heterocycles. The first kappa shape index (κ1) is 31.7. The van der Waals surface area contributed by atoms with E-state index in [2.05, 4.69) is 35.5 Å². The summed E-state index contributed by atoms with van der Waals surface area (Å²) in [6, 6.07) is 10.8. The summed E-state index contributed by atoms with van der Waals surface area (Å²) in [5.74, 6) is 1.32. The molecule has 5 nitrogen and oxygen atoms in total. The number of hydrogen-bond donors (Lipinski definition) is 1. The van der Waals surface area contributed by atoms with Gasteiger partial charge in [-0.1, -0.05) is 107 Å². The Hall–Kier alpha value is -1.79. The maximum absolute atomic E-state index is 13.3. The van der Waals surface area contributed by atoms with Crippen LogP contribution in [-0.2, 0) is 20.2 Å². The third-order valence-corrected chi connectivity index (χ3v) is 9.15. The number of hydrogen-bond acceptors (Lipinski definition) is 5. The lowest BCUT2D eigenvalue weighted by atomic mass is 9.90. The highest BCUT2D eigenvalue weighted by Gasteiger charge is 2.32. The van der Waals surface area contributed by atoms with Crippen LogP contribution in [0.15, 0.2) is 42.5 Å². The van der Waals surface area contributed by atoms with Gasteiger partial charge in [-0.05, 0) is 44.1 Å². The second kappa shape index (κ2) is 19.3.